The molecular formula is C11H8F3NO3. The molecule has 18 heavy (non-hydrogen) atoms. The minimum Gasteiger partial charge on any atom is -0.462 e. The van der Waals surface area contributed by atoms with E-state index < -0.39 is 29.7 Å². The first kappa shape index (κ1) is 13.8. The van der Waals surface area contributed by atoms with Gasteiger partial charge in [0.05, 0.1) is 12.2 Å². The number of ether oxygens (including phenoxy) is 2. The highest BCUT2D eigenvalue weighted by molar-refractivity contribution is 5.93. The molecule has 0 saturated carbocycles. The molecule has 0 amide bonds. The lowest BCUT2D eigenvalue weighted by Gasteiger charge is -2.10. The van der Waals surface area contributed by atoms with Gasteiger partial charge >= 0.3 is 12.6 Å². The van der Waals surface area contributed by atoms with Crippen molar-refractivity contribution in [2.75, 3.05) is 6.61 Å². The molecule has 0 bridgehead atoms. The molecule has 0 spiro atoms. The van der Waals surface area contributed by atoms with Crippen LogP contribution in [0.3, 0.4) is 0 Å². The van der Waals surface area contributed by atoms with Gasteiger partial charge in [0.2, 0.25) is 0 Å². The Hall–Kier alpha value is -2.23. The van der Waals surface area contributed by atoms with Crippen LogP contribution < -0.4 is 4.74 Å². The molecule has 0 N–H and O–H groups in total. The maximum absolute atomic E-state index is 13.3. The highest BCUT2D eigenvalue weighted by Gasteiger charge is 2.22. The van der Waals surface area contributed by atoms with E-state index >= 15 is 0 Å². The van der Waals surface area contributed by atoms with Crippen LogP contribution >= 0.6 is 0 Å². The van der Waals surface area contributed by atoms with Crippen LogP contribution in [-0.4, -0.2) is 19.2 Å². The zero-order valence-electron chi connectivity index (χ0n) is 9.25. The summed E-state index contributed by atoms with van der Waals surface area (Å²) >= 11 is 0. The van der Waals surface area contributed by atoms with Crippen molar-refractivity contribution in [3.8, 4) is 11.8 Å². The lowest BCUT2D eigenvalue weighted by Crippen LogP contribution is -2.11. The first-order chi connectivity index (χ1) is 8.51. The third-order valence-corrected chi connectivity index (χ3v) is 1.92. The molecule has 0 aliphatic carbocycles. The molecule has 0 saturated heterocycles. The highest BCUT2D eigenvalue weighted by Crippen LogP contribution is 2.27. The molecule has 1 aromatic rings. The number of carbonyl (C=O) groups is 1. The maximum atomic E-state index is 13.3. The van der Waals surface area contributed by atoms with Crippen molar-refractivity contribution in [1.82, 2.24) is 0 Å². The first-order valence-corrected chi connectivity index (χ1v) is 4.85. The topological polar surface area (TPSA) is 59.3 Å². The smallest absolute Gasteiger partial charge is 0.387 e. The molecule has 0 aliphatic rings. The minimum absolute atomic E-state index is 0.0338. The van der Waals surface area contributed by atoms with Crippen LogP contribution in [0.25, 0.3) is 0 Å². The number of hydrogen-bond donors (Lipinski definition) is 0. The predicted octanol–water partition coefficient (Wildman–Crippen LogP) is 2.48. The van der Waals surface area contributed by atoms with Crippen molar-refractivity contribution >= 4 is 5.97 Å². The minimum atomic E-state index is -3.30. The third kappa shape index (κ3) is 2.91. The van der Waals surface area contributed by atoms with E-state index in [-0.39, 0.29) is 12.2 Å². The summed E-state index contributed by atoms with van der Waals surface area (Å²) in [6.07, 6.45) is 0. The number of nitriles is 1. The van der Waals surface area contributed by atoms with Crippen molar-refractivity contribution < 1.29 is 27.4 Å². The van der Waals surface area contributed by atoms with E-state index in [0.717, 1.165) is 12.1 Å². The second kappa shape index (κ2) is 5.91. The summed E-state index contributed by atoms with van der Waals surface area (Å²) in [5, 5.41) is 8.80. The van der Waals surface area contributed by atoms with Gasteiger partial charge in [-0.05, 0) is 19.1 Å². The maximum Gasteiger partial charge on any atom is 0.387 e. The Morgan fingerprint density at radius 3 is 2.67 bits per heavy atom. The second-order valence-electron chi connectivity index (χ2n) is 3.01. The van der Waals surface area contributed by atoms with Gasteiger partial charge in [0.1, 0.15) is 11.6 Å². The van der Waals surface area contributed by atoms with Crippen molar-refractivity contribution in [1.29, 1.82) is 5.26 Å². The van der Waals surface area contributed by atoms with E-state index in [1.807, 2.05) is 0 Å². The second-order valence-corrected chi connectivity index (χ2v) is 3.01. The number of rotatable bonds is 4. The molecule has 1 aromatic carbocycles. The van der Waals surface area contributed by atoms with Crippen LogP contribution in [0, 0.1) is 17.1 Å². The van der Waals surface area contributed by atoms with Crippen molar-refractivity contribution in [3.63, 3.8) is 0 Å². The number of benzene rings is 1. The zero-order chi connectivity index (χ0) is 13.7. The summed E-state index contributed by atoms with van der Waals surface area (Å²) in [6.45, 7) is -1.74. The van der Waals surface area contributed by atoms with E-state index in [1.165, 1.54) is 13.0 Å². The lowest BCUT2D eigenvalue weighted by molar-refractivity contribution is -0.0524. The summed E-state index contributed by atoms with van der Waals surface area (Å²) in [4.78, 5) is 11.4. The number of esters is 1. The highest BCUT2D eigenvalue weighted by atomic mass is 19.3. The molecule has 0 fully saturated rings. The van der Waals surface area contributed by atoms with Gasteiger partial charge in [-0.1, -0.05) is 0 Å². The SMILES string of the molecule is CCOC(=O)c1ccc(F)c(OC(F)F)c1C#N. The molecule has 4 nitrogen and oxygen atoms in total. The zero-order valence-corrected chi connectivity index (χ0v) is 9.25. The van der Waals surface area contributed by atoms with E-state index in [2.05, 4.69) is 9.47 Å². The van der Waals surface area contributed by atoms with Gasteiger partial charge in [0.15, 0.2) is 11.6 Å². The molecule has 0 heterocycles. The largest absolute Gasteiger partial charge is 0.462 e. The monoisotopic (exact) mass is 259 g/mol. The van der Waals surface area contributed by atoms with Crippen LogP contribution in [0.1, 0.15) is 22.8 Å². The molecule has 1 rings (SSSR count). The van der Waals surface area contributed by atoms with E-state index in [1.54, 1.807) is 0 Å². The number of halogens is 3. The van der Waals surface area contributed by atoms with E-state index in [9.17, 15) is 18.0 Å². The van der Waals surface area contributed by atoms with Gasteiger partial charge in [-0.15, -0.1) is 0 Å². The van der Waals surface area contributed by atoms with Crippen molar-refractivity contribution in [2.24, 2.45) is 0 Å². The quantitative estimate of drug-likeness (QED) is 0.779. The Morgan fingerprint density at radius 1 is 1.50 bits per heavy atom. The van der Waals surface area contributed by atoms with Gasteiger partial charge < -0.3 is 9.47 Å². The number of hydrogen-bond acceptors (Lipinski definition) is 4. The van der Waals surface area contributed by atoms with Gasteiger partial charge in [0, 0.05) is 0 Å². The van der Waals surface area contributed by atoms with Crippen molar-refractivity contribution in [2.45, 2.75) is 13.5 Å². The Labute approximate surface area is 101 Å². The first-order valence-electron chi connectivity index (χ1n) is 4.85. The fourth-order valence-corrected chi connectivity index (χ4v) is 1.25. The average Bonchev–Trinajstić information content (AvgIpc) is 2.31. The van der Waals surface area contributed by atoms with Crippen LogP contribution in [0.4, 0.5) is 13.2 Å². The van der Waals surface area contributed by atoms with E-state index in [0.29, 0.717) is 0 Å². The normalized spacial score (nSPS) is 10.0. The molecule has 96 valence electrons. The van der Waals surface area contributed by atoms with Crippen LogP contribution in [0.5, 0.6) is 5.75 Å². The molecule has 0 atom stereocenters. The number of alkyl halides is 2. The Kier molecular flexibility index (Phi) is 4.54. The number of nitrogens with zero attached hydrogens (tertiary/aromatic N) is 1. The van der Waals surface area contributed by atoms with Gasteiger partial charge in [0.25, 0.3) is 0 Å². The van der Waals surface area contributed by atoms with Gasteiger partial charge in [-0.2, -0.15) is 14.0 Å². The lowest BCUT2D eigenvalue weighted by atomic mass is 10.1. The summed E-state index contributed by atoms with van der Waals surface area (Å²) < 4.78 is 45.9. The summed E-state index contributed by atoms with van der Waals surface area (Å²) in [5.74, 6) is -3.02. The summed E-state index contributed by atoms with van der Waals surface area (Å²) in [7, 11) is 0. The number of carbonyl (C=O) groups excluding carboxylic acids is 1. The molecule has 0 aliphatic heterocycles. The van der Waals surface area contributed by atoms with Gasteiger partial charge in [-0.3, -0.25) is 0 Å². The third-order valence-electron chi connectivity index (χ3n) is 1.92. The predicted molar refractivity (Wildman–Crippen MR) is 53.7 cm³/mol. The van der Waals surface area contributed by atoms with E-state index in [4.69, 9.17) is 5.26 Å². The molecule has 7 heteroatoms. The molecule has 0 unspecified atom stereocenters. The standard InChI is InChI=1S/C11H8F3NO3/c1-2-17-10(16)6-3-4-8(12)9(7(6)5-15)18-11(13)14/h3-4,11H,2H2,1H3. The molecule has 0 aromatic heterocycles. The average molecular weight is 259 g/mol. The Bertz CT molecular complexity index is 497. The fourth-order valence-electron chi connectivity index (χ4n) is 1.25. The fraction of sp³-hybridized carbons (Fsp3) is 0.273. The van der Waals surface area contributed by atoms with Crippen LogP contribution in [0.2, 0.25) is 0 Å². The van der Waals surface area contributed by atoms with Crippen LogP contribution in [-0.2, 0) is 4.74 Å². The van der Waals surface area contributed by atoms with Crippen LogP contribution in [0.15, 0.2) is 12.1 Å². The molecular weight excluding hydrogens is 251 g/mol. The summed E-state index contributed by atoms with van der Waals surface area (Å²) in [6, 6.07) is 3.18. The van der Waals surface area contributed by atoms with Crippen molar-refractivity contribution in [3.05, 3.63) is 29.1 Å². The summed E-state index contributed by atoms with van der Waals surface area (Å²) in [5.41, 5.74) is -0.940. The Balaban J connectivity index is 3.30. The molecule has 0 radical (unpaired) electrons. The van der Waals surface area contributed by atoms with Gasteiger partial charge in [-0.25, -0.2) is 9.18 Å². The Morgan fingerprint density at radius 2 is 2.17 bits per heavy atom.